The van der Waals surface area contributed by atoms with Crippen molar-refractivity contribution in [1.82, 2.24) is 4.98 Å². The lowest BCUT2D eigenvalue weighted by Crippen LogP contribution is -2.05. The first-order valence-electron chi connectivity index (χ1n) is 5.97. The second kappa shape index (κ2) is 5.48. The van der Waals surface area contributed by atoms with E-state index in [1.807, 2.05) is 31.2 Å². The van der Waals surface area contributed by atoms with Gasteiger partial charge >= 0.3 is 5.69 Å². The predicted octanol–water partition coefficient (Wildman–Crippen LogP) is 3.22. The Balaban J connectivity index is 2.15. The molecule has 1 N–H and O–H groups in total. The van der Waals surface area contributed by atoms with E-state index in [2.05, 4.69) is 10.3 Å². The highest BCUT2D eigenvalue weighted by molar-refractivity contribution is 5.56. The zero-order chi connectivity index (χ0) is 13.8. The molecule has 1 aromatic heterocycles. The zero-order valence-corrected chi connectivity index (χ0v) is 10.9. The van der Waals surface area contributed by atoms with E-state index in [1.165, 1.54) is 11.6 Å². The van der Waals surface area contributed by atoms with Gasteiger partial charge in [0, 0.05) is 18.8 Å². The van der Waals surface area contributed by atoms with Crippen molar-refractivity contribution in [2.45, 2.75) is 20.4 Å². The van der Waals surface area contributed by atoms with Crippen LogP contribution >= 0.6 is 0 Å². The monoisotopic (exact) mass is 257 g/mol. The van der Waals surface area contributed by atoms with Crippen LogP contribution in [0, 0.1) is 24.0 Å². The fourth-order valence-corrected chi connectivity index (χ4v) is 1.72. The van der Waals surface area contributed by atoms with Crippen LogP contribution in [-0.2, 0) is 6.54 Å². The van der Waals surface area contributed by atoms with Crippen molar-refractivity contribution >= 4 is 11.5 Å². The lowest BCUT2D eigenvalue weighted by Gasteiger charge is -2.07. The molecule has 5 heteroatoms. The molecule has 19 heavy (non-hydrogen) atoms. The third-order valence-corrected chi connectivity index (χ3v) is 2.78. The highest BCUT2D eigenvalue weighted by Crippen LogP contribution is 2.22. The van der Waals surface area contributed by atoms with Gasteiger partial charge in [0.1, 0.15) is 0 Å². The van der Waals surface area contributed by atoms with Gasteiger partial charge in [-0.05, 0) is 25.0 Å². The number of hydrogen-bond acceptors (Lipinski definition) is 4. The number of nitrogens with one attached hydrogen (secondary N) is 1. The maximum absolute atomic E-state index is 11.0. The van der Waals surface area contributed by atoms with Gasteiger partial charge in [0.25, 0.3) is 0 Å². The van der Waals surface area contributed by atoms with Crippen LogP contribution < -0.4 is 5.32 Å². The number of nitrogens with zero attached hydrogens (tertiary/aromatic N) is 2. The molecule has 0 amide bonds. The number of hydrogen-bond donors (Lipinski definition) is 1. The van der Waals surface area contributed by atoms with E-state index in [9.17, 15) is 10.1 Å². The molecule has 0 spiro atoms. The maximum atomic E-state index is 11.0. The number of nitro groups is 1. The van der Waals surface area contributed by atoms with Gasteiger partial charge in [0.05, 0.1) is 4.92 Å². The molecule has 0 fully saturated rings. The molecule has 0 saturated carbocycles. The van der Waals surface area contributed by atoms with Crippen molar-refractivity contribution in [1.29, 1.82) is 0 Å². The average molecular weight is 257 g/mol. The molecule has 1 aromatic carbocycles. The first-order chi connectivity index (χ1) is 9.06. The second-order valence-corrected chi connectivity index (χ2v) is 4.48. The summed E-state index contributed by atoms with van der Waals surface area (Å²) in [7, 11) is 0. The maximum Gasteiger partial charge on any atom is 0.311 e. The minimum atomic E-state index is -0.419. The number of benzene rings is 1. The average Bonchev–Trinajstić information content (AvgIpc) is 2.39. The minimum absolute atomic E-state index is 0.00658. The van der Waals surface area contributed by atoms with Crippen LogP contribution in [0.5, 0.6) is 0 Å². The molecule has 0 aliphatic heterocycles. The Labute approximate surface area is 111 Å². The smallest absolute Gasteiger partial charge is 0.311 e. The highest BCUT2D eigenvalue weighted by Gasteiger charge is 2.14. The fourth-order valence-electron chi connectivity index (χ4n) is 1.72. The SMILES string of the molecule is Cc1ccc(CNc2ncc(C)cc2[N+](=O)[O-])cc1. The quantitative estimate of drug-likeness (QED) is 0.674. The second-order valence-electron chi connectivity index (χ2n) is 4.48. The van der Waals surface area contributed by atoms with Crippen molar-refractivity contribution < 1.29 is 4.92 Å². The van der Waals surface area contributed by atoms with Gasteiger partial charge < -0.3 is 5.32 Å². The molecule has 2 rings (SSSR count). The molecule has 98 valence electrons. The van der Waals surface area contributed by atoms with Crippen LogP contribution in [0.1, 0.15) is 16.7 Å². The number of aromatic nitrogens is 1. The standard InChI is InChI=1S/C14H15N3O2/c1-10-3-5-12(6-4-10)9-16-14-13(17(18)19)7-11(2)8-15-14/h3-8H,9H2,1-2H3,(H,15,16). The van der Waals surface area contributed by atoms with Crippen molar-refractivity contribution in [2.24, 2.45) is 0 Å². The molecule has 0 atom stereocenters. The highest BCUT2D eigenvalue weighted by atomic mass is 16.6. The minimum Gasteiger partial charge on any atom is -0.360 e. The summed E-state index contributed by atoms with van der Waals surface area (Å²) >= 11 is 0. The van der Waals surface area contributed by atoms with Crippen molar-refractivity contribution in [3.8, 4) is 0 Å². The molecule has 0 aliphatic carbocycles. The molecule has 2 aromatic rings. The largest absolute Gasteiger partial charge is 0.360 e. The summed E-state index contributed by atoms with van der Waals surface area (Å²) in [4.78, 5) is 14.6. The van der Waals surface area contributed by atoms with Crippen molar-refractivity contribution in [3.63, 3.8) is 0 Å². The van der Waals surface area contributed by atoms with E-state index in [1.54, 1.807) is 13.1 Å². The van der Waals surface area contributed by atoms with Gasteiger partial charge in [0.2, 0.25) is 5.82 Å². The van der Waals surface area contributed by atoms with Crippen molar-refractivity contribution in [3.05, 3.63) is 63.3 Å². The van der Waals surface area contributed by atoms with Crippen LogP contribution in [0.3, 0.4) is 0 Å². The summed E-state index contributed by atoms with van der Waals surface area (Å²) in [5.41, 5.74) is 3.02. The summed E-state index contributed by atoms with van der Waals surface area (Å²) in [6, 6.07) is 9.51. The van der Waals surface area contributed by atoms with E-state index in [0.717, 1.165) is 11.1 Å². The summed E-state index contributed by atoms with van der Waals surface area (Å²) in [5.74, 6) is 0.302. The van der Waals surface area contributed by atoms with E-state index in [4.69, 9.17) is 0 Å². The van der Waals surface area contributed by atoms with Crippen LogP contribution in [0.2, 0.25) is 0 Å². The van der Waals surface area contributed by atoms with Crippen LogP contribution in [-0.4, -0.2) is 9.91 Å². The topological polar surface area (TPSA) is 68.1 Å². The third-order valence-electron chi connectivity index (χ3n) is 2.78. The lowest BCUT2D eigenvalue weighted by atomic mass is 10.1. The van der Waals surface area contributed by atoms with Crippen molar-refractivity contribution in [2.75, 3.05) is 5.32 Å². The first-order valence-corrected chi connectivity index (χ1v) is 5.97. The van der Waals surface area contributed by atoms with Crippen LogP contribution in [0.4, 0.5) is 11.5 Å². The predicted molar refractivity (Wildman–Crippen MR) is 74.1 cm³/mol. The normalized spacial score (nSPS) is 10.2. The van der Waals surface area contributed by atoms with E-state index < -0.39 is 4.92 Å². The Morgan fingerprint density at radius 2 is 1.89 bits per heavy atom. The molecule has 0 radical (unpaired) electrons. The lowest BCUT2D eigenvalue weighted by molar-refractivity contribution is -0.384. The van der Waals surface area contributed by atoms with Gasteiger partial charge in [-0.25, -0.2) is 4.98 Å². The molecule has 0 aliphatic rings. The third kappa shape index (κ3) is 3.28. The molecule has 1 heterocycles. The van der Waals surface area contributed by atoms with Crippen LogP contribution in [0.25, 0.3) is 0 Å². The summed E-state index contributed by atoms with van der Waals surface area (Å²) in [5, 5.41) is 14.0. The Hall–Kier alpha value is -2.43. The molecular formula is C14H15N3O2. The van der Waals surface area contributed by atoms with Gasteiger partial charge in [-0.3, -0.25) is 10.1 Å². The number of pyridine rings is 1. The molecule has 0 unspecified atom stereocenters. The molecular weight excluding hydrogens is 242 g/mol. The van der Waals surface area contributed by atoms with Gasteiger partial charge in [-0.15, -0.1) is 0 Å². The molecule has 5 nitrogen and oxygen atoms in total. The summed E-state index contributed by atoms with van der Waals surface area (Å²) in [6.45, 7) is 4.31. The summed E-state index contributed by atoms with van der Waals surface area (Å²) in [6.07, 6.45) is 1.62. The number of aryl methyl sites for hydroxylation is 2. The molecule has 0 saturated heterocycles. The van der Waals surface area contributed by atoms with Crippen LogP contribution in [0.15, 0.2) is 36.5 Å². The Kier molecular flexibility index (Phi) is 3.75. The number of rotatable bonds is 4. The van der Waals surface area contributed by atoms with Gasteiger partial charge in [-0.1, -0.05) is 29.8 Å². The first kappa shape index (κ1) is 13.0. The van der Waals surface area contributed by atoms with Gasteiger partial charge in [-0.2, -0.15) is 0 Å². The van der Waals surface area contributed by atoms with E-state index >= 15 is 0 Å². The zero-order valence-electron chi connectivity index (χ0n) is 10.9. The summed E-state index contributed by atoms with van der Waals surface area (Å²) < 4.78 is 0. The Bertz CT molecular complexity index is 594. The number of anilines is 1. The van der Waals surface area contributed by atoms with E-state index in [-0.39, 0.29) is 5.69 Å². The fraction of sp³-hybridized carbons (Fsp3) is 0.214. The Morgan fingerprint density at radius 1 is 1.21 bits per heavy atom. The van der Waals surface area contributed by atoms with E-state index in [0.29, 0.717) is 12.4 Å². The Morgan fingerprint density at radius 3 is 2.53 bits per heavy atom. The molecule has 0 bridgehead atoms. The van der Waals surface area contributed by atoms with Gasteiger partial charge in [0.15, 0.2) is 0 Å².